The van der Waals surface area contributed by atoms with Crippen molar-refractivity contribution in [3.05, 3.63) is 70.2 Å². The topological polar surface area (TPSA) is 85.3 Å². The molecule has 0 saturated carbocycles. The molecule has 1 fully saturated rings. The standard InChI is InChI=1S/C19H17ClF2N4O2/c1-19(10-24-16(27)12-6-14(21)8-15(22)7-12)17(28)26(18(23)25-19)9-11-3-2-4-13(20)5-11/h2-8H,9-10H2,1H3,(H2,23,25)(H,24,27). The molecule has 0 radical (unpaired) electrons. The van der Waals surface area contributed by atoms with Gasteiger partial charge in [-0.25, -0.2) is 8.78 Å². The summed E-state index contributed by atoms with van der Waals surface area (Å²) in [6.07, 6.45) is 0. The van der Waals surface area contributed by atoms with Gasteiger partial charge in [0.15, 0.2) is 5.96 Å². The van der Waals surface area contributed by atoms with Crippen molar-refractivity contribution in [3.63, 3.8) is 0 Å². The van der Waals surface area contributed by atoms with Gasteiger partial charge in [-0.1, -0.05) is 23.7 Å². The Labute approximate surface area is 165 Å². The highest BCUT2D eigenvalue weighted by Crippen LogP contribution is 2.20. The third kappa shape index (κ3) is 4.12. The first-order chi connectivity index (χ1) is 13.2. The molecule has 1 unspecified atom stereocenters. The molecule has 146 valence electrons. The summed E-state index contributed by atoms with van der Waals surface area (Å²) in [5.74, 6) is -3.00. The number of carbonyl (C=O) groups is 2. The lowest BCUT2D eigenvalue weighted by molar-refractivity contribution is -0.130. The van der Waals surface area contributed by atoms with Crippen LogP contribution in [-0.4, -0.2) is 34.8 Å². The van der Waals surface area contributed by atoms with Gasteiger partial charge in [0.1, 0.15) is 17.2 Å². The lowest BCUT2D eigenvalue weighted by atomic mass is 10.0. The Bertz CT molecular complexity index is 948. The molecule has 3 rings (SSSR count). The van der Waals surface area contributed by atoms with E-state index in [1.54, 1.807) is 24.3 Å². The molecule has 1 atom stereocenters. The fraction of sp³-hybridized carbons (Fsp3) is 0.211. The van der Waals surface area contributed by atoms with E-state index >= 15 is 0 Å². The molecule has 0 bridgehead atoms. The van der Waals surface area contributed by atoms with Crippen LogP contribution in [0.25, 0.3) is 0 Å². The van der Waals surface area contributed by atoms with E-state index in [0.29, 0.717) is 11.1 Å². The normalized spacial score (nSPS) is 18.9. The average Bonchev–Trinajstić information content (AvgIpc) is 2.82. The van der Waals surface area contributed by atoms with E-state index in [9.17, 15) is 18.4 Å². The number of rotatable bonds is 5. The van der Waals surface area contributed by atoms with E-state index in [0.717, 1.165) is 17.7 Å². The summed E-state index contributed by atoms with van der Waals surface area (Å²) < 4.78 is 26.5. The third-order valence-electron chi connectivity index (χ3n) is 4.34. The molecule has 2 aromatic rings. The van der Waals surface area contributed by atoms with Crippen molar-refractivity contribution < 1.29 is 18.4 Å². The minimum absolute atomic E-state index is 0.112. The maximum absolute atomic E-state index is 13.3. The van der Waals surface area contributed by atoms with Crippen LogP contribution in [0.2, 0.25) is 5.02 Å². The zero-order valence-corrected chi connectivity index (χ0v) is 15.6. The Morgan fingerprint density at radius 2 is 1.93 bits per heavy atom. The molecular formula is C19H17ClF2N4O2. The predicted octanol–water partition coefficient (Wildman–Crippen LogP) is 2.67. The van der Waals surface area contributed by atoms with Crippen LogP contribution >= 0.6 is 11.6 Å². The zero-order chi connectivity index (χ0) is 20.5. The number of benzene rings is 2. The van der Waals surface area contributed by atoms with E-state index in [1.165, 1.54) is 11.8 Å². The SMILES string of the molecule is CC1(CNC(=O)c2cc(F)cc(F)c2)NC(=N)N(Cc2cccc(Cl)c2)C1=O. The highest BCUT2D eigenvalue weighted by molar-refractivity contribution is 6.30. The van der Waals surface area contributed by atoms with E-state index in [2.05, 4.69) is 10.6 Å². The van der Waals surface area contributed by atoms with E-state index in [-0.39, 0.29) is 24.6 Å². The lowest BCUT2D eigenvalue weighted by Crippen LogP contribution is -2.53. The van der Waals surface area contributed by atoms with E-state index in [4.69, 9.17) is 17.0 Å². The number of nitrogens with one attached hydrogen (secondary N) is 3. The molecule has 2 aromatic carbocycles. The zero-order valence-electron chi connectivity index (χ0n) is 14.9. The van der Waals surface area contributed by atoms with Crippen molar-refractivity contribution in [2.24, 2.45) is 0 Å². The largest absolute Gasteiger partial charge is 0.349 e. The van der Waals surface area contributed by atoms with Gasteiger partial charge in [-0.05, 0) is 36.8 Å². The van der Waals surface area contributed by atoms with Crippen LogP contribution in [0.1, 0.15) is 22.8 Å². The van der Waals surface area contributed by atoms with Crippen LogP contribution in [0, 0.1) is 17.0 Å². The predicted molar refractivity (Wildman–Crippen MR) is 100.0 cm³/mol. The summed E-state index contributed by atoms with van der Waals surface area (Å²) in [6, 6.07) is 9.38. The summed E-state index contributed by atoms with van der Waals surface area (Å²) in [4.78, 5) is 26.2. The fourth-order valence-corrected chi connectivity index (χ4v) is 3.13. The minimum atomic E-state index is -1.27. The molecule has 3 N–H and O–H groups in total. The number of carbonyl (C=O) groups excluding carboxylic acids is 2. The van der Waals surface area contributed by atoms with Gasteiger partial charge in [0.05, 0.1) is 6.54 Å². The Hall–Kier alpha value is -3.00. The number of halogens is 3. The third-order valence-corrected chi connectivity index (χ3v) is 4.57. The van der Waals surface area contributed by atoms with Gasteiger partial charge < -0.3 is 10.6 Å². The second-order valence-electron chi connectivity index (χ2n) is 6.67. The number of hydrogen-bond donors (Lipinski definition) is 3. The summed E-state index contributed by atoms with van der Waals surface area (Å²) in [5.41, 5.74) is -0.717. The first-order valence-electron chi connectivity index (χ1n) is 8.35. The molecular weight excluding hydrogens is 390 g/mol. The number of guanidine groups is 1. The summed E-state index contributed by atoms with van der Waals surface area (Å²) in [7, 11) is 0. The van der Waals surface area contributed by atoms with Crippen molar-refractivity contribution in [1.29, 1.82) is 5.41 Å². The summed E-state index contributed by atoms with van der Waals surface area (Å²) >= 11 is 5.95. The van der Waals surface area contributed by atoms with Crippen LogP contribution in [0.5, 0.6) is 0 Å². The molecule has 1 saturated heterocycles. The van der Waals surface area contributed by atoms with Gasteiger partial charge in [0.25, 0.3) is 11.8 Å². The van der Waals surface area contributed by atoms with E-state index < -0.39 is 29.0 Å². The van der Waals surface area contributed by atoms with Crippen LogP contribution in [0.15, 0.2) is 42.5 Å². The highest BCUT2D eigenvalue weighted by Gasteiger charge is 2.46. The van der Waals surface area contributed by atoms with Crippen molar-refractivity contribution in [3.8, 4) is 0 Å². The smallest absolute Gasteiger partial charge is 0.256 e. The molecule has 0 aliphatic carbocycles. The number of hydrogen-bond acceptors (Lipinski definition) is 3. The quantitative estimate of drug-likeness (QED) is 0.713. The second kappa shape index (κ2) is 7.55. The lowest BCUT2D eigenvalue weighted by Gasteiger charge is -2.22. The van der Waals surface area contributed by atoms with Gasteiger partial charge in [-0.2, -0.15) is 0 Å². The molecule has 1 aliphatic rings. The van der Waals surface area contributed by atoms with Gasteiger partial charge in [0, 0.05) is 23.2 Å². The molecule has 2 amide bonds. The molecule has 0 aromatic heterocycles. The summed E-state index contributed by atoms with van der Waals surface area (Å²) in [6.45, 7) is 1.51. The van der Waals surface area contributed by atoms with Gasteiger partial charge in [-0.3, -0.25) is 19.9 Å². The fourth-order valence-electron chi connectivity index (χ4n) is 2.91. The molecule has 28 heavy (non-hydrogen) atoms. The Morgan fingerprint density at radius 3 is 2.57 bits per heavy atom. The maximum atomic E-state index is 13.3. The molecule has 6 nitrogen and oxygen atoms in total. The van der Waals surface area contributed by atoms with Crippen LogP contribution < -0.4 is 10.6 Å². The first kappa shape index (κ1) is 19.8. The molecule has 0 spiro atoms. The summed E-state index contributed by atoms with van der Waals surface area (Å²) in [5, 5.41) is 13.8. The number of nitrogens with zero attached hydrogens (tertiary/aromatic N) is 1. The van der Waals surface area contributed by atoms with Crippen LogP contribution in [0.3, 0.4) is 0 Å². The first-order valence-corrected chi connectivity index (χ1v) is 8.73. The second-order valence-corrected chi connectivity index (χ2v) is 7.10. The van der Waals surface area contributed by atoms with Crippen molar-refractivity contribution in [2.75, 3.05) is 6.54 Å². The van der Waals surface area contributed by atoms with Gasteiger partial charge in [-0.15, -0.1) is 0 Å². The van der Waals surface area contributed by atoms with E-state index in [1.807, 2.05) is 0 Å². The molecule has 1 aliphatic heterocycles. The average molecular weight is 407 g/mol. The van der Waals surface area contributed by atoms with Crippen LogP contribution in [0.4, 0.5) is 8.78 Å². The van der Waals surface area contributed by atoms with Crippen molar-refractivity contribution in [1.82, 2.24) is 15.5 Å². The van der Waals surface area contributed by atoms with Crippen LogP contribution in [-0.2, 0) is 11.3 Å². The minimum Gasteiger partial charge on any atom is -0.349 e. The Kier molecular flexibility index (Phi) is 5.33. The maximum Gasteiger partial charge on any atom is 0.256 e. The monoisotopic (exact) mass is 406 g/mol. The Morgan fingerprint density at radius 1 is 1.25 bits per heavy atom. The highest BCUT2D eigenvalue weighted by atomic mass is 35.5. The van der Waals surface area contributed by atoms with Gasteiger partial charge in [0.2, 0.25) is 0 Å². The number of amides is 2. The Balaban J connectivity index is 1.69. The van der Waals surface area contributed by atoms with Crippen molar-refractivity contribution in [2.45, 2.75) is 19.0 Å². The molecule has 9 heteroatoms. The molecule has 1 heterocycles. The van der Waals surface area contributed by atoms with Gasteiger partial charge >= 0.3 is 0 Å². The van der Waals surface area contributed by atoms with Crippen molar-refractivity contribution >= 4 is 29.4 Å².